The number of aromatic nitrogens is 4. The summed E-state index contributed by atoms with van der Waals surface area (Å²) in [6, 6.07) is 11.0. The molecule has 184 valence electrons. The van der Waals surface area contributed by atoms with Gasteiger partial charge in [0.2, 0.25) is 11.8 Å². The van der Waals surface area contributed by atoms with Crippen LogP contribution in [0.2, 0.25) is 0 Å². The number of carbonyl (C=O) groups excluding carboxylic acids is 2. The Morgan fingerprint density at radius 3 is 2.37 bits per heavy atom. The van der Waals surface area contributed by atoms with Gasteiger partial charge in [-0.05, 0) is 60.9 Å². The molecular weight excluding hydrogens is 440 g/mol. The van der Waals surface area contributed by atoms with Gasteiger partial charge >= 0.3 is 0 Å². The Bertz CT molecular complexity index is 1140. The fraction of sp³-hybridized carbons (Fsp3) is 0.444. The van der Waals surface area contributed by atoms with Gasteiger partial charge in [0.1, 0.15) is 12.1 Å². The lowest BCUT2D eigenvalue weighted by molar-refractivity contribution is -0.142. The van der Waals surface area contributed by atoms with Crippen molar-refractivity contribution < 1.29 is 9.59 Å². The molecule has 1 saturated heterocycles. The van der Waals surface area contributed by atoms with Crippen molar-refractivity contribution in [3.8, 4) is 11.1 Å². The number of hydrogen-bond acceptors (Lipinski definition) is 5. The average molecular weight is 475 g/mol. The summed E-state index contributed by atoms with van der Waals surface area (Å²) in [7, 11) is 0. The number of aryl methyl sites for hydroxylation is 1. The second-order valence-corrected chi connectivity index (χ2v) is 9.51. The fourth-order valence-electron chi connectivity index (χ4n) is 4.69. The molecule has 0 spiro atoms. The SMILES string of the molecule is CCc1cn([C@H](C(=O)N2CCC[C@H]2C(=O)N[C@@H](C)c2ccc(-c3ccncc3)cc2)C(C)C)nn1. The van der Waals surface area contributed by atoms with Crippen LogP contribution in [0.4, 0.5) is 0 Å². The molecule has 2 amide bonds. The van der Waals surface area contributed by atoms with Gasteiger partial charge in [-0.15, -0.1) is 5.10 Å². The minimum Gasteiger partial charge on any atom is -0.348 e. The van der Waals surface area contributed by atoms with Crippen LogP contribution in [-0.2, 0) is 16.0 Å². The van der Waals surface area contributed by atoms with E-state index >= 15 is 0 Å². The zero-order valence-electron chi connectivity index (χ0n) is 20.9. The van der Waals surface area contributed by atoms with Gasteiger partial charge in [0.25, 0.3) is 0 Å². The van der Waals surface area contributed by atoms with E-state index in [1.807, 2.05) is 58.2 Å². The molecule has 1 fully saturated rings. The zero-order valence-corrected chi connectivity index (χ0v) is 20.9. The number of benzene rings is 1. The highest BCUT2D eigenvalue weighted by atomic mass is 16.2. The number of rotatable bonds is 8. The van der Waals surface area contributed by atoms with Gasteiger partial charge in [0.05, 0.1) is 11.7 Å². The lowest BCUT2D eigenvalue weighted by Crippen LogP contribution is -2.49. The van der Waals surface area contributed by atoms with Crippen molar-refractivity contribution in [2.75, 3.05) is 6.54 Å². The predicted molar refractivity (Wildman–Crippen MR) is 134 cm³/mol. The van der Waals surface area contributed by atoms with Crippen LogP contribution < -0.4 is 5.32 Å². The van der Waals surface area contributed by atoms with Gasteiger partial charge in [-0.1, -0.05) is 50.3 Å². The highest BCUT2D eigenvalue weighted by Gasteiger charge is 2.39. The molecule has 3 atom stereocenters. The first kappa shape index (κ1) is 24.6. The van der Waals surface area contributed by atoms with Crippen molar-refractivity contribution in [2.45, 2.75) is 65.1 Å². The molecule has 0 radical (unpaired) electrons. The summed E-state index contributed by atoms with van der Waals surface area (Å²) in [5.41, 5.74) is 4.06. The van der Waals surface area contributed by atoms with E-state index in [4.69, 9.17) is 0 Å². The van der Waals surface area contributed by atoms with Gasteiger partial charge < -0.3 is 10.2 Å². The van der Waals surface area contributed by atoms with E-state index < -0.39 is 12.1 Å². The molecule has 0 bridgehead atoms. The normalized spacial score (nSPS) is 17.4. The van der Waals surface area contributed by atoms with Crippen LogP contribution in [0.1, 0.15) is 63.9 Å². The molecule has 3 heterocycles. The smallest absolute Gasteiger partial charge is 0.248 e. The Morgan fingerprint density at radius 1 is 1.06 bits per heavy atom. The maximum absolute atomic E-state index is 13.6. The number of carbonyl (C=O) groups is 2. The molecule has 35 heavy (non-hydrogen) atoms. The Balaban J connectivity index is 1.44. The number of likely N-dealkylation sites (tertiary alicyclic amines) is 1. The summed E-state index contributed by atoms with van der Waals surface area (Å²) in [6.45, 7) is 8.55. The zero-order chi connectivity index (χ0) is 24.9. The third-order valence-corrected chi connectivity index (χ3v) is 6.71. The van der Waals surface area contributed by atoms with Crippen molar-refractivity contribution in [2.24, 2.45) is 5.92 Å². The summed E-state index contributed by atoms with van der Waals surface area (Å²) in [6.07, 6.45) is 7.61. The summed E-state index contributed by atoms with van der Waals surface area (Å²) >= 11 is 0. The van der Waals surface area contributed by atoms with Crippen LogP contribution in [-0.4, -0.2) is 49.3 Å². The fourth-order valence-corrected chi connectivity index (χ4v) is 4.69. The predicted octanol–water partition coefficient (Wildman–Crippen LogP) is 3.97. The number of pyridine rings is 1. The topological polar surface area (TPSA) is 93.0 Å². The minimum absolute atomic E-state index is 0.0241. The largest absolute Gasteiger partial charge is 0.348 e. The van der Waals surface area contributed by atoms with Crippen molar-refractivity contribution in [3.63, 3.8) is 0 Å². The first-order valence-electron chi connectivity index (χ1n) is 12.4. The Morgan fingerprint density at radius 2 is 1.74 bits per heavy atom. The highest BCUT2D eigenvalue weighted by molar-refractivity contribution is 5.90. The number of nitrogens with zero attached hydrogens (tertiary/aromatic N) is 5. The molecule has 1 aliphatic heterocycles. The van der Waals surface area contributed by atoms with E-state index in [0.29, 0.717) is 13.0 Å². The van der Waals surface area contributed by atoms with Crippen molar-refractivity contribution in [1.29, 1.82) is 0 Å². The highest BCUT2D eigenvalue weighted by Crippen LogP contribution is 2.27. The Kier molecular flexibility index (Phi) is 7.58. The van der Waals surface area contributed by atoms with E-state index in [0.717, 1.165) is 35.2 Å². The molecule has 0 aliphatic carbocycles. The van der Waals surface area contributed by atoms with Crippen LogP contribution in [0.3, 0.4) is 0 Å². The van der Waals surface area contributed by atoms with Gasteiger partial charge in [0.15, 0.2) is 0 Å². The standard InChI is InChI=1S/C27H34N6O2/c1-5-23-17-33(31-30-23)25(18(2)3)27(35)32-16-6-7-24(32)26(34)29-19(4)20-8-10-21(11-9-20)22-12-14-28-15-13-22/h8-15,17-19,24-25H,5-7,16H2,1-4H3,(H,29,34)/t19-,24-,25-/m0/s1. The van der Waals surface area contributed by atoms with Gasteiger partial charge in [-0.2, -0.15) is 0 Å². The molecule has 1 N–H and O–H groups in total. The quantitative estimate of drug-likeness (QED) is 0.533. The van der Waals surface area contributed by atoms with Gasteiger partial charge in [-0.3, -0.25) is 14.6 Å². The second kappa shape index (κ2) is 10.8. The van der Waals surface area contributed by atoms with Crippen molar-refractivity contribution in [1.82, 2.24) is 30.2 Å². The molecule has 1 aliphatic rings. The van der Waals surface area contributed by atoms with Crippen LogP contribution in [0.5, 0.6) is 0 Å². The summed E-state index contributed by atoms with van der Waals surface area (Å²) in [5.74, 6) is -0.160. The summed E-state index contributed by atoms with van der Waals surface area (Å²) in [5, 5.41) is 11.5. The summed E-state index contributed by atoms with van der Waals surface area (Å²) < 4.78 is 1.66. The molecule has 2 aromatic heterocycles. The molecule has 3 aromatic rings. The minimum atomic E-state index is -0.477. The average Bonchev–Trinajstić information content (AvgIpc) is 3.54. The summed E-state index contributed by atoms with van der Waals surface area (Å²) in [4.78, 5) is 32.6. The first-order chi connectivity index (χ1) is 16.9. The maximum Gasteiger partial charge on any atom is 0.248 e. The molecule has 8 nitrogen and oxygen atoms in total. The number of nitrogens with one attached hydrogen (secondary N) is 1. The second-order valence-electron chi connectivity index (χ2n) is 9.51. The molecular formula is C27H34N6O2. The van der Waals surface area contributed by atoms with Crippen molar-refractivity contribution in [3.05, 3.63) is 66.2 Å². The molecule has 0 unspecified atom stereocenters. The van der Waals surface area contributed by atoms with E-state index in [1.54, 1.807) is 22.0 Å². The van der Waals surface area contributed by atoms with E-state index in [1.165, 1.54) is 0 Å². The molecule has 1 aromatic carbocycles. The van der Waals surface area contributed by atoms with Crippen molar-refractivity contribution >= 4 is 11.8 Å². The lowest BCUT2D eigenvalue weighted by atomic mass is 10.0. The molecule has 0 saturated carbocycles. The van der Waals surface area contributed by atoms with Gasteiger partial charge in [0, 0.05) is 25.1 Å². The Labute approximate surface area is 206 Å². The maximum atomic E-state index is 13.6. The van der Waals surface area contributed by atoms with Crippen LogP contribution >= 0.6 is 0 Å². The lowest BCUT2D eigenvalue weighted by Gasteiger charge is -2.30. The molecule has 8 heteroatoms. The monoisotopic (exact) mass is 474 g/mol. The molecule has 4 rings (SSSR count). The number of hydrogen-bond donors (Lipinski definition) is 1. The first-order valence-corrected chi connectivity index (χ1v) is 12.4. The van der Waals surface area contributed by atoms with Crippen LogP contribution in [0.15, 0.2) is 55.0 Å². The third kappa shape index (κ3) is 5.42. The van der Waals surface area contributed by atoms with Gasteiger partial charge in [-0.25, -0.2) is 4.68 Å². The third-order valence-electron chi connectivity index (χ3n) is 6.71. The Hall–Kier alpha value is -3.55. The van der Waals surface area contributed by atoms with Crippen LogP contribution in [0.25, 0.3) is 11.1 Å². The van der Waals surface area contributed by atoms with E-state index in [2.05, 4.69) is 32.7 Å². The van der Waals surface area contributed by atoms with E-state index in [9.17, 15) is 9.59 Å². The van der Waals surface area contributed by atoms with E-state index in [-0.39, 0.29) is 23.8 Å². The van der Waals surface area contributed by atoms with Crippen LogP contribution in [0, 0.1) is 5.92 Å². The number of amides is 2.